The number of hydrogen-bond donors (Lipinski definition) is 2. The Balaban J connectivity index is 1.45. The van der Waals surface area contributed by atoms with Crippen molar-refractivity contribution in [2.45, 2.75) is 10.9 Å². The van der Waals surface area contributed by atoms with Gasteiger partial charge < -0.3 is 9.97 Å². The summed E-state index contributed by atoms with van der Waals surface area (Å²) in [7, 11) is 0. The van der Waals surface area contributed by atoms with E-state index >= 15 is 0 Å². The molecule has 2 N–H and O–H groups in total. The topological polar surface area (TPSA) is 83.1 Å². The van der Waals surface area contributed by atoms with E-state index in [9.17, 15) is 0 Å². The van der Waals surface area contributed by atoms with Crippen LogP contribution in [-0.4, -0.2) is 30.1 Å². The van der Waals surface area contributed by atoms with E-state index in [-0.39, 0.29) is 0 Å². The number of thioether (sulfide) groups is 1. The molecule has 8 heteroatoms. The number of hydrogen-bond acceptors (Lipinski definition) is 5. The zero-order valence-corrected chi connectivity index (χ0v) is 15.2. The minimum absolute atomic E-state index is 0.624. The van der Waals surface area contributed by atoms with Gasteiger partial charge in [-0.1, -0.05) is 39.8 Å². The van der Waals surface area contributed by atoms with Gasteiger partial charge in [-0.15, -0.1) is 10.2 Å². The van der Waals surface area contributed by atoms with E-state index in [1.165, 1.54) is 11.8 Å². The smallest absolute Gasteiger partial charge is 0.211 e. The molecule has 0 spiro atoms. The summed E-state index contributed by atoms with van der Waals surface area (Å²) in [6, 6.07) is 14.0. The van der Waals surface area contributed by atoms with Crippen LogP contribution in [0.2, 0.25) is 0 Å². The number of halogens is 1. The molecule has 0 aliphatic rings. The summed E-state index contributed by atoms with van der Waals surface area (Å²) in [6.07, 6.45) is 0. The molecule has 0 saturated carbocycles. The molecule has 0 radical (unpaired) electrons. The Morgan fingerprint density at radius 2 is 1.88 bits per heavy atom. The molecule has 6 nitrogen and oxygen atoms in total. The van der Waals surface area contributed by atoms with Gasteiger partial charge in [-0.2, -0.15) is 0 Å². The lowest BCUT2D eigenvalue weighted by molar-refractivity contribution is 0.877. The third-order valence-corrected chi connectivity index (χ3v) is 5.28. The van der Waals surface area contributed by atoms with Crippen molar-refractivity contribution in [2.24, 2.45) is 0 Å². The van der Waals surface area contributed by atoms with Crippen molar-refractivity contribution in [2.75, 3.05) is 0 Å². The van der Waals surface area contributed by atoms with E-state index in [1.54, 1.807) is 0 Å². The number of aromatic amines is 2. The van der Waals surface area contributed by atoms with Crippen LogP contribution < -0.4 is 0 Å². The van der Waals surface area contributed by atoms with Crippen LogP contribution in [-0.2, 0) is 5.75 Å². The lowest BCUT2D eigenvalue weighted by Gasteiger charge is -1.97. The quantitative estimate of drug-likeness (QED) is 0.429. The van der Waals surface area contributed by atoms with Gasteiger partial charge in [0.05, 0.1) is 16.8 Å². The highest BCUT2D eigenvalue weighted by molar-refractivity contribution is 9.10. The highest BCUT2D eigenvalue weighted by Gasteiger charge is 2.11. The van der Waals surface area contributed by atoms with Gasteiger partial charge >= 0.3 is 0 Å². The SMILES string of the molecule is Brc1ccc2[nH]c3nc(SCc4nc5ccccc5[nH]4)nnc3c2c1. The molecule has 5 rings (SSSR count). The zero-order valence-electron chi connectivity index (χ0n) is 12.8. The largest absolute Gasteiger partial charge is 0.341 e. The van der Waals surface area contributed by atoms with Crippen LogP contribution in [0, 0.1) is 0 Å². The fourth-order valence-corrected chi connectivity index (χ4v) is 3.81. The molecule has 2 aromatic carbocycles. The number of nitrogens with zero attached hydrogens (tertiary/aromatic N) is 4. The average molecular weight is 411 g/mol. The molecule has 25 heavy (non-hydrogen) atoms. The van der Waals surface area contributed by atoms with E-state index in [0.717, 1.165) is 43.4 Å². The van der Waals surface area contributed by atoms with Gasteiger partial charge in [-0.05, 0) is 30.3 Å². The number of nitrogens with one attached hydrogen (secondary N) is 2. The Hall–Kier alpha value is -2.45. The second-order valence-corrected chi connectivity index (χ2v) is 7.45. The third kappa shape index (κ3) is 2.67. The zero-order chi connectivity index (χ0) is 16.8. The number of benzene rings is 2. The van der Waals surface area contributed by atoms with Crippen LogP contribution in [0.25, 0.3) is 33.1 Å². The first-order valence-electron chi connectivity index (χ1n) is 7.64. The van der Waals surface area contributed by atoms with Crippen molar-refractivity contribution in [1.29, 1.82) is 0 Å². The standard InChI is InChI=1S/C17H11BrN6S/c18-9-5-6-11-10(7-9)15-16(21-11)22-17(24-23-15)25-8-14-19-12-3-1-2-4-13(12)20-14/h1-7H,8H2,(H,19,20)(H,21,22,24). The summed E-state index contributed by atoms with van der Waals surface area (Å²) >= 11 is 4.99. The first-order chi connectivity index (χ1) is 12.3. The number of imidazole rings is 1. The fraction of sp³-hybridized carbons (Fsp3) is 0.0588. The van der Waals surface area contributed by atoms with Crippen LogP contribution >= 0.6 is 27.7 Å². The van der Waals surface area contributed by atoms with Crippen LogP contribution in [0.15, 0.2) is 52.1 Å². The van der Waals surface area contributed by atoms with Gasteiger partial charge in [0.2, 0.25) is 5.16 Å². The number of rotatable bonds is 3. The normalized spacial score (nSPS) is 11.7. The van der Waals surface area contributed by atoms with Crippen molar-refractivity contribution in [3.05, 3.63) is 52.8 Å². The van der Waals surface area contributed by atoms with Crippen molar-refractivity contribution in [3.8, 4) is 0 Å². The molecule has 0 aliphatic carbocycles. The first kappa shape index (κ1) is 14.9. The van der Waals surface area contributed by atoms with Crippen LogP contribution in [0.1, 0.15) is 5.82 Å². The Kier molecular flexibility index (Phi) is 3.46. The monoisotopic (exact) mass is 410 g/mol. The van der Waals surface area contributed by atoms with E-state index in [0.29, 0.717) is 10.9 Å². The molecule has 0 atom stereocenters. The highest BCUT2D eigenvalue weighted by Crippen LogP contribution is 2.27. The van der Waals surface area contributed by atoms with Gasteiger partial charge in [0, 0.05) is 15.4 Å². The number of H-pyrrole nitrogens is 2. The van der Waals surface area contributed by atoms with Crippen LogP contribution in [0.3, 0.4) is 0 Å². The molecular weight excluding hydrogens is 400 g/mol. The maximum Gasteiger partial charge on any atom is 0.211 e. The van der Waals surface area contributed by atoms with Crippen LogP contribution in [0.4, 0.5) is 0 Å². The lowest BCUT2D eigenvalue weighted by atomic mass is 10.2. The van der Waals surface area contributed by atoms with Crippen molar-refractivity contribution in [3.63, 3.8) is 0 Å². The molecule has 5 aromatic rings. The predicted molar refractivity (Wildman–Crippen MR) is 103 cm³/mol. The van der Waals surface area contributed by atoms with Gasteiger partial charge in [-0.3, -0.25) is 0 Å². The Bertz CT molecular complexity index is 1190. The average Bonchev–Trinajstić information content (AvgIpc) is 3.20. The maximum absolute atomic E-state index is 4.59. The second kappa shape index (κ2) is 5.82. The molecular formula is C17H11BrN6S. The molecule has 0 amide bonds. The summed E-state index contributed by atoms with van der Waals surface area (Å²) < 4.78 is 1.01. The Morgan fingerprint density at radius 3 is 2.80 bits per heavy atom. The van der Waals surface area contributed by atoms with Gasteiger partial charge in [-0.25, -0.2) is 9.97 Å². The predicted octanol–water partition coefficient (Wildman–Crippen LogP) is 4.44. The van der Waals surface area contributed by atoms with E-state index in [4.69, 9.17) is 0 Å². The second-order valence-electron chi connectivity index (χ2n) is 5.60. The molecule has 0 saturated heterocycles. The minimum Gasteiger partial charge on any atom is -0.341 e. The molecule has 0 fully saturated rings. The highest BCUT2D eigenvalue weighted by atomic mass is 79.9. The number of para-hydroxylation sites is 2. The lowest BCUT2D eigenvalue weighted by Crippen LogP contribution is -1.92. The Labute approximate surface area is 154 Å². The molecule has 122 valence electrons. The third-order valence-electron chi connectivity index (χ3n) is 3.93. The number of aromatic nitrogens is 6. The Morgan fingerprint density at radius 1 is 0.960 bits per heavy atom. The first-order valence-corrected chi connectivity index (χ1v) is 9.42. The molecule has 0 aliphatic heterocycles. The summed E-state index contributed by atoms with van der Waals surface area (Å²) in [4.78, 5) is 15.8. The van der Waals surface area contributed by atoms with E-state index in [1.807, 2.05) is 42.5 Å². The van der Waals surface area contributed by atoms with E-state index in [2.05, 4.69) is 46.1 Å². The minimum atomic E-state index is 0.624. The molecule has 0 bridgehead atoms. The van der Waals surface area contributed by atoms with Crippen molar-refractivity contribution >= 4 is 60.8 Å². The van der Waals surface area contributed by atoms with E-state index < -0.39 is 0 Å². The molecule has 0 unspecified atom stereocenters. The maximum atomic E-state index is 4.59. The number of fused-ring (bicyclic) bond motifs is 4. The molecule has 3 heterocycles. The van der Waals surface area contributed by atoms with Crippen LogP contribution in [0.5, 0.6) is 0 Å². The van der Waals surface area contributed by atoms with Gasteiger partial charge in [0.1, 0.15) is 11.3 Å². The summed E-state index contributed by atoms with van der Waals surface area (Å²) in [5, 5.41) is 10.2. The summed E-state index contributed by atoms with van der Waals surface area (Å²) in [5.74, 6) is 1.56. The van der Waals surface area contributed by atoms with Gasteiger partial charge in [0.15, 0.2) is 5.65 Å². The summed E-state index contributed by atoms with van der Waals surface area (Å²) in [6.45, 7) is 0. The van der Waals surface area contributed by atoms with Gasteiger partial charge in [0.25, 0.3) is 0 Å². The summed E-state index contributed by atoms with van der Waals surface area (Å²) in [5.41, 5.74) is 4.53. The fourth-order valence-electron chi connectivity index (χ4n) is 2.80. The van der Waals surface area contributed by atoms with Crippen molar-refractivity contribution < 1.29 is 0 Å². The molecule has 3 aromatic heterocycles. The van der Waals surface area contributed by atoms with Crippen molar-refractivity contribution in [1.82, 2.24) is 30.1 Å².